The standard InChI is InChI=1S/C44H76O4/c1-3-5-6-7-8-9-10-11-12-13-14-15-16-17-18-22-25-28-31-34-37-41-44(47)48-42(38-4-2)39-35-32-29-26-23-20-19-21-24-27-30-33-36-40-43(45)46/h5-6,8-9,11-12,14-15,17-18,42H,3-4,7,10,13,16,19-41H2,1-2H3,(H,45,46)/b6-5-,9-8-,12-11-,15-14-,18-17-. The van der Waals surface area contributed by atoms with Crippen LogP contribution in [0.4, 0.5) is 0 Å². The number of hydrogen-bond acceptors (Lipinski definition) is 3. The van der Waals surface area contributed by atoms with Gasteiger partial charge in [-0.2, -0.15) is 0 Å². The highest BCUT2D eigenvalue weighted by molar-refractivity contribution is 5.69. The van der Waals surface area contributed by atoms with E-state index in [4.69, 9.17) is 9.84 Å². The molecule has 4 nitrogen and oxygen atoms in total. The molecule has 4 heteroatoms. The summed E-state index contributed by atoms with van der Waals surface area (Å²) in [7, 11) is 0. The molecule has 0 spiro atoms. The molecule has 0 rings (SSSR count). The molecule has 0 aliphatic heterocycles. The van der Waals surface area contributed by atoms with Gasteiger partial charge in [0.2, 0.25) is 0 Å². The number of esters is 1. The third-order valence-corrected chi connectivity index (χ3v) is 8.73. The zero-order chi connectivity index (χ0) is 35.0. The summed E-state index contributed by atoms with van der Waals surface area (Å²) in [6, 6.07) is 0. The molecular weight excluding hydrogens is 592 g/mol. The Bertz CT molecular complexity index is 850. The van der Waals surface area contributed by atoms with Crippen molar-refractivity contribution in [1.29, 1.82) is 0 Å². The number of hydrogen-bond donors (Lipinski definition) is 1. The lowest BCUT2D eigenvalue weighted by molar-refractivity contribution is -0.150. The van der Waals surface area contributed by atoms with E-state index in [-0.39, 0.29) is 12.1 Å². The van der Waals surface area contributed by atoms with Gasteiger partial charge in [-0.05, 0) is 77.0 Å². The van der Waals surface area contributed by atoms with Crippen LogP contribution in [0.25, 0.3) is 0 Å². The Hall–Kier alpha value is -2.36. The third-order valence-electron chi connectivity index (χ3n) is 8.73. The number of ether oxygens (including phenoxy) is 1. The van der Waals surface area contributed by atoms with Crippen LogP contribution < -0.4 is 0 Å². The number of allylic oxidation sites excluding steroid dienone is 10. The number of rotatable bonds is 36. The molecule has 0 aromatic rings. The first-order valence-corrected chi connectivity index (χ1v) is 20.3. The van der Waals surface area contributed by atoms with E-state index in [2.05, 4.69) is 74.6 Å². The SMILES string of the molecule is CC/C=C\C/C=C\C/C=C\C/C=C\C/C=C\CCCCCCCC(=O)OC(CCC)CCCCCCCCCCCCCCCC(=O)O. The molecule has 0 fully saturated rings. The van der Waals surface area contributed by atoms with Gasteiger partial charge in [0.1, 0.15) is 6.10 Å². The van der Waals surface area contributed by atoms with E-state index in [0.717, 1.165) is 89.9 Å². The lowest BCUT2D eigenvalue weighted by atomic mass is 10.0. The molecule has 1 N–H and O–H groups in total. The molecule has 0 heterocycles. The Kier molecular flexibility index (Phi) is 37.2. The van der Waals surface area contributed by atoms with Crippen molar-refractivity contribution in [2.75, 3.05) is 0 Å². The summed E-state index contributed by atoms with van der Waals surface area (Å²) >= 11 is 0. The van der Waals surface area contributed by atoms with E-state index >= 15 is 0 Å². The quantitative estimate of drug-likeness (QED) is 0.0410. The maximum atomic E-state index is 12.4. The molecule has 1 unspecified atom stereocenters. The van der Waals surface area contributed by atoms with Gasteiger partial charge in [-0.1, -0.05) is 171 Å². The Balaban J connectivity index is 3.62. The zero-order valence-corrected chi connectivity index (χ0v) is 31.5. The largest absolute Gasteiger partial charge is 0.481 e. The summed E-state index contributed by atoms with van der Waals surface area (Å²) in [5.74, 6) is -0.664. The second-order valence-corrected chi connectivity index (χ2v) is 13.4. The van der Waals surface area contributed by atoms with Crippen LogP contribution in [0.3, 0.4) is 0 Å². The van der Waals surface area contributed by atoms with Crippen molar-refractivity contribution in [2.24, 2.45) is 0 Å². The zero-order valence-electron chi connectivity index (χ0n) is 31.5. The van der Waals surface area contributed by atoms with Crippen LogP contribution in [-0.2, 0) is 14.3 Å². The second-order valence-electron chi connectivity index (χ2n) is 13.4. The second kappa shape index (κ2) is 39.1. The van der Waals surface area contributed by atoms with Gasteiger partial charge in [-0.15, -0.1) is 0 Å². The molecular formula is C44H76O4. The number of carbonyl (C=O) groups is 2. The number of aliphatic carboxylic acids is 1. The first-order chi connectivity index (χ1) is 23.6. The molecule has 1 atom stereocenters. The van der Waals surface area contributed by atoms with Crippen molar-refractivity contribution in [3.8, 4) is 0 Å². The maximum absolute atomic E-state index is 12.4. The van der Waals surface area contributed by atoms with Crippen molar-refractivity contribution < 1.29 is 19.4 Å². The molecule has 276 valence electrons. The Morgan fingerprint density at radius 1 is 0.479 bits per heavy atom. The molecule has 0 aliphatic rings. The molecule has 0 radical (unpaired) electrons. The van der Waals surface area contributed by atoms with E-state index in [0.29, 0.717) is 12.8 Å². The van der Waals surface area contributed by atoms with E-state index in [1.54, 1.807) is 0 Å². The topological polar surface area (TPSA) is 63.6 Å². The molecule has 48 heavy (non-hydrogen) atoms. The predicted octanol–water partition coefficient (Wildman–Crippen LogP) is 14.1. The summed E-state index contributed by atoms with van der Waals surface area (Å²) in [6.07, 6.45) is 54.5. The summed E-state index contributed by atoms with van der Waals surface area (Å²) in [5.41, 5.74) is 0. The molecule has 0 amide bonds. The van der Waals surface area contributed by atoms with Gasteiger partial charge < -0.3 is 9.84 Å². The van der Waals surface area contributed by atoms with Crippen LogP contribution in [-0.4, -0.2) is 23.1 Å². The van der Waals surface area contributed by atoms with E-state index in [1.807, 2.05) is 0 Å². The fourth-order valence-electron chi connectivity index (χ4n) is 5.85. The Morgan fingerprint density at radius 2 is 0.875 bits per heavy atom. The highest BCUT2D eigenvalue weighted by Gasteiger charge is 2.13. The highest BCUT2D eigenvalue weighted by atomic mass is 16.5. The summed E-state index contributed by atoms with van der Waals surface area (Å²) in [4.78, 5) is 23.0. The maximum Gasteiger partial charge on any atom is 0.306 e. The van der Waals surface area contributed by atoms with Crippen molar-refractivity contribution in [1.82, 2.24) is 0 Å². The molecule has 0 aliphatic carbocycles. The monoisotopic (exact) mass is 669 g/mol. The van der Waals surface area contributed by atoms with Crippen molar-refractivity contribution in [3.63, 3.8) is 0 Å². The Morgan fingerprint density at radius 3 is 1.33 bits per heavy atom. The molecule has 0 bridgehead atoms. The van der Waals surface area contributed by atoms with Gasteiger partial charge in [0.05, 0.1) is 0 Å². The van der Waals surface area contributed by atoms with Gasteiger partial charge in [-0.25, -0.2) is 0 Å². The van der Waals surface area contributed by atoms with Gasteiger partial charge >= 0.3 is 11.9 Å². The average molecular weight is 669 g/mol. The molecule has 0 saturated carbocycles. The fraction of sp³-hybridized carbons (Fsp3) is 0.727. The fourth-order valence-corrected chi connectivity index (χ4v) is 5.85. The normalized spacial score (nSPS) is 12.9. The number of carboxylic acids is 1. The lowest BCUT2D eigenvalue weighted by Gasteiger charge is -2.17. The molecule has 0 aromatic heterocycles. The average Bonchev–Trinajstić information content (AvgIpc) is 3.07. The molecule has 0 aromatic carbocycles. The first kappa shape index (κ1) is 45.6. The Labute approximate surface area is 297 Å². The number of carbonyl (C=O) groups excluding carboxylic acids is 1. The van der Waals surface area contributed by atoms with Crippen molar-refractivity contribution in [3.05, 3.63) is 60.8 Å². The van der Waals surface area contributed by atoms with Crippen LogP contribution in [0.2, 0.25) is 0 Å². The third kappa shape index (κ3) is 38.1. The first-order valence-electron chi connectivity index (χ1n) is 20.3. The molecule has 0 saturated heterocycles. The van der Waals surface area contributed by atoms with E-state index < -0.39 is 5.97 Å². The van der Waals surface area contributed by atoms with Gasteiger partial charge in [-0.3, -0.25) is 9.59 Å². The minimum absolute atomic E-state index is 0.00694. The van der Waals surface area contributed by atoms with Crippen LogP contribution >= 0.6 is 0 Å². The van der Waals surface area contributed by atoms with Crippen LogP contribution in [0.15, 0.2) is 60.8 Å². The predicted molar refractivity (Wildman–Crippen MR) is 208 cm³/mol. The van der Waals surface area contributed by atoms with E-state index in [9.17, 15) is 9.59 Å². The summed E-state index contributed by atoms with van der Waals surface area (Å²) < 4.78 is 5.87. The summed E-state index contributed by atoms with van der Waals surface area (Å²) in [6.45, 7) is 4.34. The highest BCUT2D eigenvalue weighted by Crippen LogP contribution is 2.17. The van der Waals surface area contributed by atoms with Crippen LogP contribution in [0.5, 0.6) is 0 Å². The summed E-state index contributed by atoms with van der Waals surface area (Å²) in [5, 5.41) is 8.67. The number of unbranched alkanes of at least 4 members (excludes halogenated alkanes) is 17. The van der Waals surface area contributed by atoms with Crippen molar-refractivity contribution >= 4 is 11.9 Å². The van der Waals surface area contributed by atoms with Crippen LogP contribution in [0.1, 0.15) is 200 Å². The van der Waals surface area contributed by atoms with Gasteiger partial charge in [0, 0.05) is 12.8 Å². The van der Waals surface area contributed by atoms with Crippen LogP contribution in [0, 0.1) is 0 Å². The number of carboxylic acid groups (broad SMARTS) is 1. The van der Waals surface area contributed by atoms with Crippen molar-refractivity contribution in [2.45, 2.75) is 206 Å². The minimum atomic E-state index is -0.671. The van der Waals surface area contributed by atoms with E-state index in [1.165, 1.54) is 83.5 Å². The van der Waals surface area contributed by atoms with Gasteiger partial charge in [0.25, 0.3) is 0 Å². The van der Waals surface area contributed by atoms with Gasteiger partial charge in [0.15, 0.2) is 0 Å². The smallest absolute Gasteiger partial charge is 0.306 e. The minimum Gasteiger partial charge on any atom is -0.481 e. The lowest BCUT2D eigenvalue weighted by Crippen LogP contribution is -2.18.